The Kier molecular flexibility index (Phi) is 3.24. The van der Waals surface area contributed by atoms with Gasteiger partial charge in [-0.05, 0) is 40.0 Å². The van der Waals surface area contributed by atoms with Gasteiger partial charge in [-0.25, -0.2) is 0 Å². The predicted octanol–water partition coefficient (Wildman–Crippen LogP) is 3.87. The third-order valence-electron chi connectivity index (χ3n) is 2.34. The van der Waals surface area contributed by atoms with Gasteiger partial charge in [0.05, 0.1) is 9.83 Å². The molecule has 78 valence electrons. The van der Waals surface area contributed by atoms with Crippen LogP contribution in [0.4, 0.5) is 0 Å². The molecule has 0 amide bonds. The maximum atomic E-state index is 6.19. The molecule has 0 aliphatic heterocycles. The van der Waals surface area contributed by atoms with Crippen LogP contribution in [0, 0.1) is 6.92 Å². The first-order valence-electron chi connectivity index (χ1n) is 4.75. The van der Waals surface area contributed by atoms with Crippen molar-refractivity contribution in [2.45, 2.75) is 13.0 Å². The molecule has 1 unspecified atom stereocenters. The molecule has 0 radical (unpaired) electrons. The molecule has 1 atom stereocenters. The number of hydrogen-bond donors (Lipinski definition) is 1. The quantitative estimate of drug-likeness (QED) is 0.889. The largest absolute Gasteiger partial charge is 0.320 e. The van der Waals surface area contributed by atoms with Crippen molar-refractivity contribution < 1.29 is 0 Å². The van der Waals surface area contributed by atoms with Crippen LogP contribution in [-0.2, 0) is 0 Å². The van der Waals surface area contributed by atoms with Gasteiger partial charge in [-0.15, -0.1) is 11.3 Å². The van der Waals surface area contributed by atoms with Gasteiger partial charge in [0.25, 0.3) is 0 Å². The molecule has 1 aromatic carbocycles. The van der Waals surface area contributed by atoms with Crippen molar-refractivity contribution in [1.82, 2.24) is 0 Å². The highest BCUT2D eigenvalue weighted by Crippen LogP contribution is 2.32. The standard InChI is InChI=1S/C12H12BrNS/c1-8-7-10(15-12(8)13)11(14)9-5-3-2-4-6-9/h2-7,11H,14H2,1H3. The molecule has 0 bridgehead atoms. The van der Waals surface area contributed by atoms with Gasteiger partial charge >= 0.3 is 0 Å². The summed E-state index contributed by atoms with van der Waals surface area (Å²) in [5, 5.41) is 0. The summed E-state index contributed by atoms with van der Waals surface area (Å²) in [6.07, 6.45) is 0. The molecule has 3 heteroatoms. The van der Waals surface area contributed by atoms with Crippen molar-refractivity contribution in [1.29, 1.82) is 0 Å². The lowest BCUT2D eigenvalue weighted by atomic mass is 10.1. The van der Waals surface area contributed by atoms with E-state index in [1.807, 2.05) is 18.2 Å². The van der Waals surface area contributed by atoms with Crippen LogP contribution in [0.3, 0.4) is 0 Å². The summed E-state index contributed by atoms with van der Waals surface area (Å²) < 4.78 is 1.17. The molecular formula is C12H12BrNS. The molecule has 0 aliphatic rings. The van der Waals surface area contributed by atoms with Crippen LogP contribution in [0.25, 0.3) is 0 Å². The summed E-state index contributed by atoms with van der Waals surface area (Å²) >= 11 is 5.23. The van der Waals surface area contributed by atoms with Crippen molar-refractivity contribution in [2.75, 3.05) is 0 Å². The highest BCUT2D eigenvalue weighted by molar-refractivity contribution is 9.11. The lowest BCUT2D eigenvalue weighted by Crippen LogP contribution is -2.09. The van der Waals surface area contributed by atoms with E-state index in [0.29, 0.717) is 0 Å². The molecule has 2 aromatic rings. The molecule has 2 N–H and O–H groups in total. The molecule has 15 heavy (non-hydrogen) atoms. The van der Waals surface area contributed by atoms with Crippen LogP contribution < -0.4 is 5.73 Å². The molecule has 0 saturated heterocycles. The highest BCUT2D eigenvalue weighted by atomic mass is 79.9. The monoisotopic (exact) mass is 281 g/mol. The van der Waals surface area contributed by atoms with E-state index in [1.54, 1.807) is 11.3 Å². The van der Waals surface area contributed by atoms with E-state index < -0.39 is 0 Å². The summed E-state index contributed by atoms with van der Waals surface area (Å²) in [5.41, 5.74) is 8.60. The average molecular weight is 282 g/mol. The first-order valence-corrected chi connectivity index (χ1v) is 6.36. The minimum atomic E-state index is -0.0128. The summed E-state index contributed by atoms with van der Waals surface area (Å²) in [6.45, 7) is 2.09. The Balaban J connectivity index is 2.32. The van der Waals surface area contributed by atoms with E-state index in [1.165, 1.54) is 14.2 Å². The van der Waals surface area contributed by atoms with Gasteiger partial charge in [-0.2, -0.15) is 0 Å². The number of halogens is 1. The summed E-state index contributed by atoms with van der Waals surface area (Å²) in [6, 6.07) is 12.3. The molecule has 2 rings (SSSR count). The SMILES string of the molecule is Cc1cc(C(N)c2ccccc2)sc1Br. The normalized spacial score (nSPS) is 12.7. The second-order valence-corrected chi connectivity index (χ2v) is 5.90. The zero-order chi connectivity index (χ0) is 10.8. The maximum Gasteiger partial charge on any atom is 0.0731 e. The fourth-order valence-electron chi connectivity index (χ4n) is 1.46. The molecular weight excluding hydrogens is 270 g/mol. The third kappa shape index (κ3) is 2.30. The van der Waals surface area contributed by atoms with Crippen molar-refractivity contribution >= 4 is 27.3 Å². The topological polar surface area (TPSA) is 26.0 Å². The maximum absolute atomic E-state index is 6.19. The number of thiophene rings is 1. The molecule has 1 aromatic heterocycles. The van der Waals surface area contributed by atoms with Gasteiger partial charge in [0.15, 0.2) is 0 Å². The smallest absolute Gasteiger partial charge is 0.0731 e. The lowest BCUT2D eigenvalue weighted by Gasteiger charge is -2.08. The van der Waals surface area contributed by atoms with E-state index in [9.17, 15) is 0 Å². The average Bonchev–Trinajstić information content (AvgIpc) is 2.59. The molecule has 0 saturated carbocycles. The summed E-state index contributed by atoms with van der Waals surface area (Å²) in [5.74, 6) is 0. The van der Waals surface area contributed by atoms with Gasteiger partial charge in [-0.3, -0.25) is 0 Å². The Morgan fingerprint density at radius 3 is 2.47 bits per heavy atom. The lowest BCUT2D eigenvalue weighted by molar-refractivity contribution is 0.893. The van der Waals surface area contributed by atoms with Crippen LogP contribution in [0.1, 0.15) is 22.0 Å². The van der Waals surface area contributed by atoms with E-state index in [-0.39, 0.29) is 6.04 Å². The van der Waals surface area contributed by atoms with Crippen LogP contribution in [0.5, 0.6) is 0 Å². The Bertz CT molecular complexity index is 430. The minimum Gasteiger partial charge on any atom is -0.320 e. The van der Waals surface area contributed by atoms with Crippen LogP contribution >= 0.6 is 27.3 Å². The Morgan fingerprint density at radius 2 is 1.93 bits per heavy atom. The molecule has 1 nitrogen and oxygen atoms in total. The van der Waals surface area contributed by atoms with E-state index in [4.69, 9.17) is 5.73 Å². The number of hydrogen-bond acceptors (Lipinski definition) is 2. The van der Waals surface area contributed by atoms with Crippen molar-refractivity contribution in [3.63, 3.8) is 0 Å². The summed E-state index contributed by atoms with van der Waals surface area (Å²) in [7, 11) is 0. The number of nitrogens with two attached hydrogens (primary N) is 1. The molecule has 0 spiro atoms. The Morgan fingerprint density at radius 1 is 1.27 bits per heavy atom. The molecule has 0 fully saturated rings. The summed E-state index contributed by atoms with van der Waals surface area (Å²) in [4.78, 5) is 1.20. The second kappa shape index (κ2) is 4.47. The highest BCUT2D eigenvalue weighted by Gasteiger charge is 2.12. The van der Waals surface area contributed by atoms with Gasteiger partial charge in [-0.1, -0.05) is 30.3 Å². The van der Waals surface area contributed by atoms with Crippen LogP contribution in [-0.4, -0.2) is 0 Å². The second-order valence-electron chi connectivity index (χ2n) is 3.49. The van der Waals surface area contributed by atoms with E-state index >= 15 is 0 Å². The fourth-order valence-corrected chi connectivity index (χ4v) is 3.06. The van der Waals surface area contributed by atoms with E-state index in [2.05, 4.69) is 41.1 Å². The van der Waals surface area contributed by atoms with Gasteiger partial charge in [0.1, 0.15) is 0 Å². The zero-order valence-corrected chi connectivity index (χ0v) is 10.8. The van der Waals surface area contributed by atoms with Gasteiger partial charge in [0.2, 0.25) is 0 Å². The number of rotatable bonds is 2. The first-order chi connectivity index (χ1) is 7.18. The van der Waals surface area contributed by atoms with Crippen molar-refractivity contribution in [3.8, 4) is 0 Å². The fraction of sp³-hybridized carbons (Fsp3) is 0.167. The van der Waals surface area contributed by atoms with Gasteiger partial charge < -0.3 is 5.73 Å². The zero-order valence-electron chi connectivity index (χ0n) is 8.41. The van der Waals surface area contributed by atoms with Crippen LogP contribution in [0.15, 0.2) is 40.2 Å². The van der Waals surface area contributed by atoms with Gasteiger partial charge in [0, 0.05) is 4.88 Å². The number of benzene rings is 1. The van der Waals surface area contributed by atoms with Crippen molar-refractivity contribution in [2.24, 2.45) is 5.73 Å². The number of aryl methyl sites for hydroxylation is 1. The Labute approximate surface area is 102 Å². The molecule has 0 aliphatic carbocycles. The first kappa shape index (κ1) is 10.9. The van der Waals surface area contributed by atoms with Crippen molar-refractivity contribution in [3.05, 3.63) is 56.2 Å². The minimum absolute atomic E-state index is 0.0128. The third-order valence-corrected chi connectivity index (χ3v) is 4.56. The molecule has 1 heterocycles. The van der Waals surface area contributed by atoms with Crippen LogP contribution in [0.2, 0.25) is 0 Å². The van der Waals surface area contributed by atoms with E-state index in [0.717, 1.165) is 5.56 Å². The predicted molar refractivity (Wildman–Crippen MR) is 69.2 cm³/mol. The Hall–Kier alpha value is -0.640.